The first-order chi connectivity index (χ1) is 36.5. The Kier molecular flexibility index (Phi) is 14.3. The molecule has 4 N–H and O–H groups in total. The summed E-state index contributed by atoms with van der Waals surface area (Å²) in [6, 6.07) is 23.4. The number of aromatic nitrogens is 4. The van der Waals surface area contributed by atoms with Crippen LogP contribution in [0.5, 0.6) is 0 Å². The maximum atomic E-state index is 16.8. The monoisotopic (exact) mass is 1030 g/mol. The zero-order valence-electron chi connectivity index (χ0n) is 42.4. The molecule has 0 radical (unpaired) electrons. The summed E-state index contributed by atoms with van der Waals surface area (Å²) in [5.41, 5.74) is 6.54. The first-order valence-corrected chi connectivity index (χ1v) is 26.5. The summed E-state index contributed by atoms with van der Waals surface area (Å²) in [6.45, 7) is 2.95. The Morgan fingerprint density at radius 1 is 0.667 bits per heavy atom. The van der Waals surface area contributed by atoms with Crippen molar-refractivity contribution < 1.29 is 42.2 Å². The fourth-order valence-electron chi connectivity index (χ4n) is 12.6. The average molecular weight is 1030 g/mol. The van der Waals surface area contributed by atoms with E-state index in [0.717, 1.165) is 58.9 Å². The fourth-order valence-corrected chi connectivity index (χ4v) is 12.6. The van der Waals surface area contributed by atoms with E-state index in [0.29, 0.717) is 101 Å². The lowest BCUT2D eigenvalue weighted by Crippen LogP contribution is -2.53. The van der Waals surface area contributed by atoms with Crippen molar-refractivity contribution in [1.82, 2.24) is 40.4 Å². The molecule has 7 heterocycles. The number of nitrogens with one attached hydrogen (secondary N) is 4. The van der Waals surface area contributed by atoms with Crippen LogP contribution in [-0.2, 0) is 23.8 Å². The molecule has 1 unspecified atom stereocenters. The lowest BCUT2D eigenvalue weighted by Gasteiger charge is -2.36. The quantitative estimate of drug-likeness (QED) is 0.0915. The van der Waals surface area contributed by atoms with Gasteiger partial charge in [0.2, 0.25) is 11.8 Å². The van der Waals surface area contributed by atoms with Crippen molar-refractivity contribution in [2.24, 2.45) is 5.92 Å². The highest BCUT2D eigenvalue weighted by Gasteiger charge is 2.42. The molecule has 5 fully saturated rings. The third-order valence-corrected chi connectivity index (χ3v) is 16.4. The molecule has 11 rings (SSSR count). The van der Waals surface area contributed by atoms with Gasteiger partial charge in [0, 0.05) is 45.1 Å². The number of piperidine rings is 1. The molecule has 0 bridgehead atoms. The molecule has 4 aromatic carbocycles. The van der Waals surface area contributed by atoms with Gasteiger partial charge in [-0.05, 0) is 129 Å². The SMILES string of the molecule is COC(=O)NCC(=O)N1CCC[C@H]1c1nc2ccc([C@H]3CC[C@H](c4ccc5nc([C@@H]6CCCN6C(=O)C(NC(=O)OC)C6CCOCC6)[nH]c5c4)N3c3cc(F)c(N4CCC(c5ccccc5)CC4)c(F)c3)cc2[nH]1. The first kappa shape index (κ1) is 49.9. The average Bonchev–Trinajstić information content (AvgIpc) is 4.31. The van der Waals surface area contributed by atoms with Gasteiger partial charge in [-0.15, -0.1) is 0 Å². The van der Waals surface area contributed by atoms with E-state index in [2.05, 4.69) is 54.5 Å². The molecule has 5 atom stereocenters. The Morgan fingerprint density at radius 2 is 1.24 bits per heavy atom. The Hall–Kier alpha value is -7.28. The van der Waals surface area contributed by atoms with Gasteiger partial charge in [0.1, 0.15) is 29.9 Å². The Morgan fingerprint density at radius 3 is 1.83 bits per heavy atom. The lowest BCUT2D eigenvalue weighted by atomic mass is 9.89. The van der Waals surface area contributed by atoms with Crippen molar-refractivity contribution in [2.75, 3.05) is 70.0 Å². The predicted molar refractivity (Wildman–Crippen MR) is 277 cm³/mol. The van der Waals surface area contributed by atoms with Crippen LogP contribution in [0.3, 0.4) is 0 Å². The molecule has 0 aliphatic carbocycles. The standard InChI is InChI=1S/C56H64F2N10O7/c1-73-55(71)59-32-49(69)66-22-6-10-47(66)52-60-41-14-12-36(28-43(41)62-52)45-16-17-46(68(45)38-30-39(57)51(40(58)31-38)65-24-18-34(19-25-65)33-8-4-3-5-9-33)37-13-15-42-44(29-37)63-53(61-42)48-11-7-23-67(48)54(70)50(64-56(72)74-2)35-20-26-75-27-21-35/h3-5,8-9,12-15,28-31,34-35,45-48,50H,6-7,10-11,16-27,32H2,1-2H3,(H,59,71)(H,60,62)(H,61,63)(H,64,72)/t45-,46-,47+,48+,50?/m1/s1. The van der Waals surface area contributed by atoms with Gasteiger partial charge < -0.3 is 54.4 Å². The molecule has 0 spiro atoms. The van der Waals surface area contributed by atoms with Crippen molar-refractivity contribution in [3.8, 4) is 0 Å². The molecular formula is C56H64F2N10O7. The molecular weight excluding hydrogens is 963 g/mol. The second-order valence-corrected chi connectivity index (χ2v) is 20.6. The number of hydrogen-bond donors (Lipinski definition) is 4. The van der Waals surface area contributed by atoms with Crippen LogP contribution in [-0.4, -0.2) is 120 Å². The summed E-state index contributed by atoms with van der Waals surface area (Å²) in [4.78, 5) is 76.4. The van der Waals surface area contributed by atoms with E-state index in [4.69, 9.17) is 19.4 Å². The van der Waals surface area contributed by atoms with Crippen LogP contribution < -0.4 is 20.4 Å². The van der Waals surface area contributed by atoms with Gasteiger partial charge in [0.05, 0.1) is 60.5 Å². The second-order valence-electron chi connectivity index (χ2n) is 20.6. The smallest absolute Gasteiger partial charge is 0.407 e. The van der Waals surface area contributed by atoms with Gasteiger partial charge in [0.25, 0.3) is 0 Å². The van der Waals surface area contributed by atoms with Crippen LogP contribution in [0.2, 0.25) is 0 Å². The number of likely N-dealkylation sites (tertiary alicyclic amines) is 2. The second kappa shape index (κ2) is 21.5. The first-order valence-electron chi connectivity index (χ1n) is 26.5. The molecule has 5 aliphatic heterocycles. The summed E-state index contributed by atoms with van der Waals surface area (Å²) >= 11 is 0. The molecule has 75 heavy (non-hydrogen) atoms. The zero-order valence-corrected chi connectivity index (χ0v) is 42.4. The van der Waals surface area contributed by atoms with Crippen LogP contribution >= 0.6 is 0 Å². The van der Waals surface area contributed by atoms with Crippen LogP contribution in [0.1, 0.15) is 123 Å². The highest BCUT2D eigenvalue weighted by atomic mass is 19.1. The summed E-state index contributed by atoms with van der Waals surface area (Å²) in [6.07, 6.45) is 5.84. The van der Waals surface area contributed by atoms with E-state index >= 15 is 8.78 Å². The van der Waals surface area contributed by atoms with Crippen molar-refractivity contribution in [3.63, 3.8) is 0 Å². The normalized spacial score (nSPS) is 22.0. The van der Waals surface area contributed by atoms with E-state index in [9.17, 15) is 19.2 Å². The van der Waals surface area contributed by atoms with Crippen molar-refractivity contribution >= 4 is 57.4 Å². The zero-order chi connectivity index (χ0) is 51.7. The molecule has 6 aromatic rings. The van der Waals surface area contributed by atoms with Gasteiger partial charge in [-0.25, -0.2) is 28.3 Å². The highest BCUT2D eigenvalue weighted by molar-refractivity contribution is 5.87. The number of halogens is 2. The van der Waals surface area contributed by atoms with Gasteiger partial charge in [-0.2, -0.15) is 0 Å². The van der Waals surface area contributed by atoms with Gasteiger partial charge >= 0.3 is 12.2 Å². The molecule has 394 valence electrons. The molecule has 5 saturated heterocycles. The number of methoxy groups -OCH3 is 2. The van der Waals surface area contributed by atoms with Crippen molar-refractivity contribution in [2.45, 2.75) is 100 Å². The molecule has 17 nitrogen and oxygen atoms in total. The van der Waals surface area contributed by atoms with Gasteiger partial charge in [-0.3, -0.25) is 9.59 Å². The lowest BCUT2D eigenvalue weighted by molar-refractivity contribution is -0.136. The minimum absolute atomic E-state index is 0.00418. The summed E-state index contributed by atoms with van der Waals surface area (Å²) in [5, 5.41) is 5.31. The number of fused-ring (bicyclic) bond motifs is 2. The number of nitrogens with zero attached hydrogens (tertiary/aromatic N) is 6. The molecule has 4 amide bonds. The van der Waals surface area contributed by atoms with E-state index < -0.39 is 29.9 Å². The third kappa shape index (κ3) is 10.1. The number of alkyl carbamates (subject to hydrolysis) is 2. The predicted octanol–water partition coefficient (Wildman–Crippen LogP) is 9.02. The topological polar surface area (TPSA) is 190 Å². The maximum Gasteiger partial charge on any atom is 0.407 e. The van der Waals surface area contributed by atoms with Crippen LogP contribution in [0, 0.1) is 17.6 Å². The number of imidazole rings is 2. The Labute approximate surface area is 433 Å². The number of carbonyl (C=O) groups excluding carboxylic acids is 4. The number of amides is 4. The van der Waals surface area contributed by atoms with E-state index in [1.54, 1.807) is 4.90 Å². The third-order valence-electron chi connectivity index (χ3n) is 16.4. The van der Waals surface area contributed by atoms with E-state index in [1.165, 1.54) is 31.9 Å². The molecule has 2 aromatic heterocycles. The summed E-state index contributed by atoms with van der Waals surface area (Å²) < 4.78 is 48.8. The Balaban J connectivity index is 0.897. The molecule has 19 heteroatoms. The van der Waals surface area contributed by atoms with Crippen LogP contribution in [0.4, 0.5) is 29.7 Å². The maximum absolute atomic E-state index is 16.8. The summed E-state index contributed by atoms with van der Waals surface area (Å²) in [5.74, 6) is -0.0897. The van der Waals surface area contributed by atoms with E-state index in [1.807, 2.05) is 52.3 Å². The van der Waals surface area contributed by atoms with Gasteiger partial charge in [-0.1, -0.05) is 42.5 Å². The number of hydrogen-bond acceptors (Lipinski definition) is 11. The number of carbonyl (C=O) groups is 4. The minimum atomic E-state index is -0.762. The number of rotatable bonds is 12. The van der Waals surface area contributed by atoms with Crippen LogP contribution in [0.25, 0.3) is 22.1 Å². The number of anilines is 2. The number of benzene rings is 4. The highest BCUT2D eigenvalue weighted by Crippen LogP contribution is 2.49. The number of ether oxygens (including phenoxy) is 3. The summed E-state index contributed by atoms with van der Waals surface area (Å²) in [7, 11) is 2.54. The fraction of sp³-hybridized carbons (Fsp3) is 0.464. The van der Waals surface area contributed by atoms with Crippen molar-refractivity contribution in [3.05, 3.63) is 119 Å². The number of H-pyrrole nitrogens is 2. The molecule has 0 saturated carbocycles. The van der Waals surface area contributed by atoms with Crippen molar-refractivity contribution in [1.29, 1.82) is 0 Å². The largest absolute Gasteiger partial charge is 0.453 e. The van der Waals surface area contributed by atoms with E-state index in [-0.39, 0.29) is 54.1 Å². The van der Waals surface area contributed by atoms with Gasteiger partial charge in [0.15, 0.2) is 11.6 Å². The molecule has 5 aliphatic rings. The Bertz CT molecular complexity index is 3040. The minimum Gasteiger partial charge on any atom is -0.453 e. The van der Waals surface area contributed by atoms with Crippen LogP contribution in [0.15, 0.2) is 78.9 Å². The number of aromatic amines is 2.